The van der Waals surface area contributed by atoms with Crippen molar-refractivity contribution in [2.75, 3.05) is 37.8 Å². The van der Waals surface area contributed by atoms with Crippen molar-refractivity contribution in [3.8, 4) is 5.75 Å². The van der Waals surface area contributed by atoms with Gasteiger partial charge in [-0.2, -0.15) is 0 Å². The summed E-state index contributed by atoms with van der Waals surface area (Å²) in [5.41, 5.74) is 2.52. The van der Waals surface area contributed by atoms with Crippen LogP contribution in [0, 0.1) is 0 Å². The van der Waals surface area contributed by atoms with Crippen molar-refractivity contribution in [2.24, 2.45) is 4.99 Å². The Morgan fingerprint density at radius 2 is 2.04 bits per heavy atom. The Balaban J connectivity index is 2.00. The van der Waals surface area contributed by atoms with Crippen LogP contribution >= 0.6 is 31.9 Å². The molecule has 6 nitrogen and oxygen atoms in total. The van der Waals surface area contributed by atoms with Crippen molar-refractivity contribution in [1.82, 2.24) is 0 Å². The molecule has 2 aromatic rings. The van der Waals surface area contributed by atoms with E-state index in [-0.39, 0.29) is 11.7 Å². The molecular weight excluding hydrogens is 492 g/mol. The molecule has 0 saturated carbocycles. The van der Waals surface area contributed by atoms with E-state index in [1.54, 1.807) is 37.4 Å². The highest BCUT2D eigenvalue weighted by Crippen LogP contribution is 2.33. The van der Waals surface area contributed by atoms with Gasteiger partial charge in [0.15, 0.2) is 0 Å². The molecule has 0 unspecified atom stereocenters. The highest BCUT2D eigenvalue weighted by atomic mass is 79.9. The number of hydrogen-bond acceptors (Lipinski definition) is 6. The maximum absolute atomic E-state index is 12.1. The van der Waals surface area contributed by atoms with Crippen LogP contribution in [0.3, 0.4) is 0 Å². The first kappa shape index (κ1) is 20.8. The van der Waals surface area contributed by atoms with Crippen molar-refractivity contribution in [1.29, 1.82) is 0 Å². The fourth-order valence-corrected chi connectivity index (χ4v) is 4.12. The van der Waals surface area contributed by atoms with E-state index in [0.29, 0.717) is 41.1 Å². The van der Waals surface area contributed by atoms with E-state index in [2.05, 4.69) is 41.8 Å². The zero-order chi connectivity index (χ0) is 20.1. The van der Waals surface area contributed by atoms with Crippen LogP contribution in [0.25, 0.3) is 0 Å². The Morgan fingerprint density at radius 3 is 2.75 bits per heavy atom. The van der Waals surface area contributed by atoms with Crippen LogP contribution in [0.15, 0.2) is 44.3 Å². The van der Waals surface area contributed by atoms with E-state index in [9.17, 15) is 9.90 Å². The molecule has 0 bridgehead atoms. The summed E-state index contributed by atoms with van der Waals surface area (Å²) in [5, 5.41) is 10.3. The first-order valence-corrected chi connectivity index (χ1v) is 10.4. The molecule has 1 N–H and O–H groups in total. The summed E-state index contributed by atoms with van der Waals surface area (Å²) < 4.78 is 11.9. The number of ether oxygens (including phenoxy) is 2. The third-order valence-corrected chi connectivity index (χ3v) is 5.30. The van der Waals surface area contributed by atoms with Gasteiger partial charge in [0, 0.05) is 29.3 Å². The monoisotopic (exact) mass is 510 g/mol. The molecule has 0 spiro atoms. The number of carbonyl (C=O) groups excluding carboxylic acids is 1. The minimum Gasteiger partial charge on any atom is -0.506 e. The molecule has 1 saturated heterocycles. The van der Waals surface area contributed by atoms with Gasteiger partial charge in [-0.3, -0.25) is 4.99 Å². The number of rotatable bonds is 5. The van der Waals surface area contributed by atoms with Crippen molar-refractivity contribution in [3.05, 3.63) is 50.4 Å². The number of morpholine rings is 1. The molecule has 0 aliphatic carbocycles. The Kier molecular flexibility index (Phi) is 7.09. The molecule has 0 amide bonds. The number of esters is 1. The van der Waals surface area contributed by atoms with Gasteiger partial charge in [-0.1, -0.05) is 15.9 Å². The van der Waals surface area contributed by atoms with Crippen LogP contribution in [0.2, 0.25) is 0 Å². The highest BCUT2D eigenvalue weighted by Gasteiger charge is 2.17. The summed E-state index contributed by atoms with van der Waals surface area (Å²) in [5.74, 6) is -0.290. The Hall–Kier alpha value is -1.90. The lowest BCUT2D eigenvalue weighted by Gasteiger charge is -2.29. The molecular formula is C20H20Br2N2O4. The molecule has 1 fully saturated rings. The molecule has 2 aromatic carbocycles. The quantitative estimate of drug-likeness (QED) is 0.466. The number of carbonyl (C=O) groups is 1. The fraction of sp³-hybridized carbons (Fsp3) is 0.300. The standard InChI is InChI=1S/C20H20Br2N2O4/c1-2-28-20(26)13-3-4-18(24-5-7-27-8-6-24)17(10-13)23-12-14-9-15(21)11-16(22)19(14)25/h3-4,9-12,25H,2,5-8H2,1H3. The van der Waals surface area contributed by atoms with Gasteiger partial charge in [-0.05, 0) is 53.2 Å². The molecule has 1 aliphatic heterocycles. The lowest BCUT2D eigenvalue weighted by atomic mass is 10.1. The third-order valence-electron chi connectivity index (χ3n) is 4.24. The molecule has 8 heteroatoms. The average Bonchev–Trinajstić information content (AvgIpc) is 2.70. The number of nitrogens with zero attached hydrogens (tertiary/aromatic N) is 2. The SMILES string of the molecule is CCOC(=O)c1ccc(N2CCOCC2)c(N=Cc2cc(Br)cc(Br)c2O)c1. The van der Waals surface area contributed by atoms with Gasteiger partial charge in [-0.15, -0.1) is 0 Å². The molecule has 1 aliphatic rings. The predicted octanol–water partition coefficient (Wildman–Crippen LogP) is 4.68. The molecule has 148 valence electrons. The van der Waals surface area contributed by atoms with Gasteiger partial charge in [0.2, 0.25) is 0 Å². The van der Waals surface area contributed by atoms with Crippen molar-refractivity contribution < 1.29 is 19.4 Å². The molecule has 0 aromatic heterocycles. The van der Waals surface area contributed by atoms with E-state index < -0.39 is 0 Å². The third kappa shape index (κ3) is 4.92. The number of phenolic OH excluding ortho intramolecular Hbond substituents is 1. The van der Waals surface area contributed by atoms with Crippen LogP contribution < -0.4 is 4.90 Å². The summed E-state index contributed by atoms with van der Waals surface area (Å²) in [7, 11) is 0. The molecule has 0 radical (unpaired) electrons. The van der Waals surface area contributed by atoms with E-state index in [0.717, 1.165) is 23.2 Å². The minimum absolute atomic E-state index is 0.0985. The fourth-order valence-electron chi connectivity index (χ4n) is 2.86. The van der Waals surface area contributed by atoms with E-state index in [1.165, 1.54) is 0 Å². The number of halogens is 2. The largest absolute Gasteiger partial charge is 0.506 e. The first-order valence-electron chi connectivity index (χ1n) is 8.85. The normalized spacial score (nSPS) is 14.5. The predicted molar refractivity (Wildman–Crippen MR) is 116 cm³/mol. The van der Waals surface area contributed by atoms with Gasteiger partial charge in [0.1, 0.15) is 5.75 Å². The van der Waals surface area contributed by atoms with E-state index in [1.807, 2.05) is 6.07 Å². The highest BCUT2D eigenvalue weighted by molar-refractivity contribution is 9.11. The summed E-state index contributed by atoms with van der Waals surface area (Å²) in [6.45, 7) is 4.85. The Bertz CT molecular complexity index is 896. The summed E-state index contributed by atoms with van der Waals surface area (Å²) in [6, 6.07) is 8.86. The second kappa shape index (κ2) is 9.54. The number of anilines is 1. The second-order valence-corrected chi connectivity index (χ2v) is 7.88. The number of aliphatic imine (C=N–C) groups is 1. The van der Waals surface area contributed by atoms with Crippen LogP contribution in [0.1, 0.15) is 22.8 Å². The lowest BCUT2D eigenvalue weighted by Crippen LogP contribution is -2.36. The number of phenols is 1. The summed E-state index contributed by atoms with van der Waals surface area (Å²) in [4.78, 5) is 18.9. The van der Waals surface area contributed by atoms with E-state index >= 15 is 0 Å². The Labute approximate surface area is 180 Å². The van der Waals surface area contributed by atoms with Crippen LogP contribution in [0.4, 0.5) is 11.4 Å². The molecule has 0 atom stereocenters. The maximum Gasteiger partial charge on any atom is 0.338 e. The van der Waals surface area contributed by atoms with Gasteiger partial charge < -0.3 is 19.5 Å². The zero-order valence-corrected chi connectivity index (χ0v) is 18.5. The minimum atomic E-state index is -0.388. The molecule has 28 heavy (non-hydrogen) atoms. The second-order valence-electron chi connectivity index (χ2n) is 6.11. The number of aromatic hydroxyl groups is 1. The average molecular weight is 512 g/mol. The smallest absolute Gasteiger partial charge is 0.338 e. The maximum atomic E-state index is 12.1. The molecule has 1 heterocycles. The van der Waals surface area contributed by atoms with Crippen molar-refractivity contribution >= 4 is 55.4 Å². The van der Waals surface area contributed by atoms with Crippen LogP contribution in [0.5, 0.6) is 5.75 Å². The van der Waals surface area contributed by atoms with Gasteiger partial charge in [0.25, 0.3) is 0 Å². The summed E-state index contributed by atoms with van der Waals surface area (Å²) in [6.07, 6.45) is 1.58. The summed E-state index contributed by atoms with van der Waals surface area (Å²) >= 11 is 6.74. The van der Waals surface area contributed by atoms with Crippen LogP contribution in [-0.4, -0.2) is 50.2 Å². The van der Waals surface area contributed by atoms with Gasteiger partial charge in [-0.25, -0.2) is 4.79 Å². The number of benzene rings is 2. The lowest BCUT2D eigenvalue weighted by molar-refractivity contribution is 0.0526. The zero-order valence-electron chi connectivity index (χ0n) is 15.3. The number of hydrogen-bond donors (Lipinski definition) is 1. The van der Waals surface area contributed by atoms with E-state index in [4.69, 9.17) is 9.47 Å². The Morgan fingerprint density at radius 1 is 1.29 bits per heavy atom. The van der Waals surface area contributed by atoms with Gasteiger partial charge in [0.05, 0.1) is 41.2 Å². The van der Waals surface area contributed by atoms with Crippen molar-refractivity contribution in [2.45, 2.75) is 6.92 Å². The topological polar surface area (TPSA) is 71.4 Å². The van der Waals surface area contributed by atoms with Gasteiger partial charge >= 0.3 is 5.97 Å². The molecule has 3 rings (SSSR count). The first-order chi connectivity index (χ1) is 13.5. The van der Waals surface area contributed by atoms with Crippen LogP contribution in [-0.2, 0) is 9.47 Å². The van der Waals surface area contributed by atoms with Crippen molar-refractivity contribution in [3.63, 3.8) is 0 Å².